The smallest absolute Gasteiger partial charge is 0.214 e. The van der Waals surface area contributed by atoms with Crippen molar-refractivity contribution in [2.75, 3.05) is 31.6 Å². The topological polar surface area (TPSA) is 88.9 Å². The predicted octanol–water partition coefficient (Wildman–Crippen LogP) is 2.88. The summed E-state index contributed by atoms with van der Waals surface area (Å²) in [5.74, 6) is 1.26. The number of nitrogens with zero attached hydrogens (tertiary/aromatic N) is 4. The quantitative estimate of drug-likeness (QED) is 0.683. The highest BCUT2D eigenvalue weighted by Gasteiger charge is 2.32. The summed E-state index contributed by atoms with van der Waals surface area (Å²) in [7, 11) is 1.69. The van der Waals surface area contributed by atoms with Gasteiger partial charge in [0, 0.05) is 25.2 Å². The van der Waals surface area contributed by atoms with E-state index in [1.54, 1.807) is 18.4 Å². The number of benzene rings is 1. The van der Waals surface area contributed by atoms with E-state index in [1.807, 2.05) is 10.7 Å². The van der Waals surface area contributed by atoms with Gasteiger partial charge in [0.2, 0.25) is 10.1 Å². The van der Waals surface area contributed by atoms with Gasteiger partial charge in [0.15, 0.2) is 0 Å². The van der Waals surface area contributed by atoms with E-state index >= 15 is 0 Å². The van der Waals surface area contributed by atoms with E-state index in [2.05, 4.69) is 41.9 Å². The molecule has 150 valence electrons. The van der Waals surface area contributed by atoms with E-state index in [4.69, 9.17) is 15.6 Å². The van der Waals surface area contributed by atoms with Gasteiger partial charge in [0.1, 0.15) is 5.75 Å². The van der Waals surface area contributed by atoms with Crippen LogP contribution in [-0.4, -0.2) is 52.0 Å². The predicted molar refractivity (Wildman–Crippen MR) is 112 cm³/mol. The highest BCUT2D eigenvalue weighted by atomic mass is 32.1. The Hall–Kier alpha value is -2.16. The summed E-state index contributed by atoms with van der Waals surface area (Å²) < 4.78 is 7.54. The molecule has 1 fully saturated rings. The Balaban J connectivity index is 1.66. The van der Waals surface area contributed by atoms with Gasteiger partial charge in [0.25, 0.3) is 0 Å². The molecule has 3 N–H and O–H groups in total. The lowest BCUT2D eigenvalue weighted by Crippen LogP contribution is -2.48. The summed E-state index contributed by atoms with van der Waals surface area (Å²) in [6.45, 7) is 6.13. The minimum absolute atomic E-state index is 0.304. The molecule has 28 heavy (non-hydrogen) atoms. The van der Waals surface area contributed by atoms with Crippen LogP contribution < -0.4 is 15.4 Å². The molecule has 3 aromatic rings. The zero-order chi connectivity index (χ0) is 19.9. The van der Waals surface area contributed by atoms with Crippen LogP contribution in [0.5, 0.6) is 5.75 Å². The van der Waals surface area contributed by atoms with Crippen LogP contribution in [0.3, 0.4) is 0 Å². The van der Waals surface area contributed by atoms with Crippen LogP contribution in [0.1, 0.15) is 38.2 Å². The van der Waals surface area contributed by atoms with E-state index in [1.165, 1.54) is 5.56 Å². The van der Waals surface area contributed by atoms with Crippen molar-refractivity contribution < 1.29 is 9.84 Å². The molecule has 0 radical (unpaired) electrons. The molecule has 0 bridgehead atoms. The van der Waals surface area contributed by atoms with Crippen molar-refractivity contribution >= 4 is 21.4 Å². The van der Waals surface area contributed by atoms with Crippen LogP contribution in [0.25, 0.3) is 16.2 Å². The molecule has 1 saturated heterocycles. The number of ether oxygens (including phenoxy) is 1. The molecule has 0 amide bonds. The fourth-order valence-corrected chi connectivity index (χ4v) is 4.52. The van der Waals surface area contributed by atoms with Crippen molar-refractivity contribution in [1.82, 2.24) is 14.6 Å². The molecular formula is C20H27N5O2S. The number of piperidine rings is 1. The molecular weight excluding hydrogens is 374 g/mol. The molecule has 1 aliphatic rings. The molecule has 7 nitrogen and oxygen atoms in total. The Labute approximate surface area is 168 Å². The van der Waals surface area contributed by atoms with Gasteiger partial charge in [0.05, 0.1) is 24.6 Å². The van der Waals surface area contributed by atoms with Crippen LogP contribution in [-0.2, 0) is 0 Å². The van der Waals surface area contributed by atoms with E-state index in [9.17, 15) is 5.11 Å². The molecule has 0 atom stereocenters. The summed E-state index contributed by atoms with van der Waals surface area (Å²) in [6.07, 6.45) is 3.16. The molecule has 0 unspecified atom stereocenters. The van der Waals surface area contributed by atoms with Crippen molar-refractivity contribution in [3.05, 3.63) is 30.0 Å². The average Bonchev–Trinajstić information content (AvgIpc) is 3.29. The summed E-state index contributed by atoms with van der Waals surface area (Å²) in [5.41, 5.74) is 8.09. The molecule has 0 aliphatic carbocycles. The first kappa shape index (κ1) is 19.2. The molecule has 1 aliphatic heterocycles. The van der Waals surface area contributed by atoms with Gasteiger partial charge < -0.3 is 20.5 Å². The van der Waals surface area contributed by atoms with Crippen LogP contribution in [0.4, 0.5) is 5.13 Å². The lowest BCUT2D eigenvalue weighted by molar-refractivity contribution is 0.0249. The number of aromatic nitrogens is 3. The second kappa shape index (κ2) is 7.35. The zero-order valence-corrected chi connectivity index (χ0v) is 17.4. The van der Waals surface area contributed by atoms with Crippen molar-refractivity contribution in [3.8, 4) is 17.0 Å². The van der Waals surface area contributed by atoms with Gasteiger partial charge in [-0.1, -0.05) is 31.3 Å². The van der Waals surface area contributed by atoms with E-state index in [-0.39, 0.29) is 0 Å². The van der Waals surface area contributed by atoms with Crippen molar-refractivity contribution in [3.63, 3.8) is 0 Å². The Kier molecular flexibility index (Phi) is 5.03. The first-order chi connectivity index (χ1) is 13.4. The highest BCUT2D eigenvalue weighted by Crippen LogP contribution is 2.36. The molecule has 3 heterocycles. The number of hydrogen-bond acceptors (Lipinski definition) is 7. The molecule has 4 rings (SSSR count). The number of aliphatic hydroxyl groups is 1. The first-order valence-electron chi connectivity index (χ1n) is 9.64. The minimum atomic E-state index is -0.745. The highest BCUT2D eigenvalue weighted by molar-refractivity contribution is 7.20. The average molecular weight is 402 g/mol. The number of imidazole rings is 1. The van der Waals surface area contributed by atoms with E-state index < -0.39 is 5.60 Å². The third kappa shape index (κ3) is 3.36. The van der Waals surface area contributed by atoms with Crippen LogP contribution in [0.2, 0.25) is 0 Å². The molecule has 8 heteroatoms. The molecule has 1 aromatic carbocycles. The van der Waals surface area contributed by atoms with E-state index in [0.717, 1.165) is 40.2 Å². The van der Waals surface area contributed by atoms with Crippen LogP contribution >= 0.6 is 11.3 Å². The summed E-state index contributed by atoms with van der Waals surface area (Å²) in [5, 5.41) is 16.1. The van der Waals surface area contributed by atoms with E-state index in [0.29, 0.717) is 25.3 Å². The number of methoxy groups -OCH3 is 1. The zero-order valence-electron chi connectivity index (χ0n) is 16.6. The maximum Gasteiger partial charge on any atom is 0.214 e. The van der Waals surface area contributed by atoms with Gasteiger partial charge in [-0.2, -0.15) is 0 Å². The summed E-state index contributed by atoms with van der Waals surface area (Å²) >= 11 is 1.56. The number of rotatable bonds is 5. The van der Waals surface area contributed by atoms with Gasteiger partial charge in [-0.15, -0.1) is 5.10 Å². The lowest BCUT2D eigenvalue weighted by Gasteiger charge is -2.37. The standard InChI is InChI=1S/C20H27N5O2S/c1-13(2)14-4-5-15(17(10-14)27-3)16-11-22-18-25(16)23-19(28-18)24-8-6-20(26,12-21)7-9-24/h4-5,10-11,13,26H,6-9,12,21H2,1-3H3. The van der Waals surface area contributed by atoms with Crippen molar-refractivity contribution in [2.45, 2.75) is 38.2 Å². The second-order valence-corrected chi connectivity index (χ2v) is 8.69. The molecule has 0 spiro atoms. The monoisotopic (exact) mass is 401 g/mol. The van der Waals surface area contributed by atoms with Crippen LogP contribution in [0.15, 0.2) is 24.4 Å². The molecule has 0 saturated carbocycles. The van der Waals surface area contributed by atoms with Crippen molar-refractivity contribution in [1.29, 1.82) is 0 Å². The van der Waals surface area contributed by atoms with Gasteiger partial charge >= 0.3 is 0 Å². The normalized spacial score (nSPS) is 16.9. The maximum absolute atomic E-state index is 10.4. The first-order valence-corrected chi connectivity index (χ1v) is 10.5. The maximum atomic E-state index is 10.4. The third-order valence-electron chi connectivity index (χ3n) is 5.59. The summed E-state index contributed by atoms with van der Waals surface area (Å²) in [6, 6.07) is 6.30. The Morgan fingerprint density at radius 1 is 1.32 bits per heavy atom. The summed E-state index contributed by atoms with van der Waals surface area (Å²) in [4.78, 5) is 7.60. The Morgan fingerprint density at radius 2 is 2.07 bits per heavy atom. The fourth-order valence-electron chi connectivity index (χ4n) is 3.59. The number of hydrogen-bond donors (Lipinski definition) is 2. The lowest BCUT2D eigenvalue weighted by atomic mass is 9.92. The SMILES string of the molecule is COc1cc(C(C)C)ccc1-c1cnc2sc(N3CCC(O)(CN)CC3)nn12. The Morgan fingerprint density at radius 3 is 2.71 bits per heavy atom. The molecule has 2 aromatic heterocycles. The number of anilines is 1. The Bertz CT molecular complexity index is 972. The minimum Gasteiger partial charge on any atom is -0.496 e. The largest absolute Gasteiger partial charge is 0.496 e. The fraction of sp³-hybridized carbons (Fsp3) is 0.500. The number of nitrogens with two attached hydrogens (primary N) is 1. The van der Waals surface area contributed by atoms with Gasteiger partial charge in [-0.25, -0.2) is 9.50 Å². The van der Waals surface area contributed by atoms with Crippen molar-refractivity contribution in [2.24, 2.45) is 5.73 Å². The number of fused-ring (bicyclic) bond motifs is 1. The van der Waals surface area contributed by atoms with Gasteiger partial charge in [-0.3, -0.25) is 0 Å². The van der Waals surface area contributed by atoms with Gasteiger partial charge in [-0.05, 0) is 36.5 Å². The van der Waals surface area contributed by atoms with Crippen LogP contribution in [0, 0.1) is 0 Å². The third-order valence-corrected chi connectivity index (χ3v) is 6.57. The second-order valence-electron chi connectivity index (χ2n) is 7.75.